The van der Waals surface area contributed by atoms with Gasteiger partial charge in [0.2, 0.25) is 5.91 Å². The van der Waals surface area contributed by atoms with Gasteiger partial charge < -0.3 is 5.73 Å². The number of amides is 1. The molecular formula is C9H10ClN3O4. The molecule has 17 heavy (non-hydrogen) atoms. The Morgan fingerprint density at radius 3 is 2.82 bits per heavy atom. The van der Waals surface area contributed by atoms with Crippen molar-refractivity contribution in [3.63, 3.8) is 0 Å². The van der Waals surface area contributed by atoms with Gasteiger partial charge in [0.1, 0.15) is 6.61 Å². The molecule has 1 aromatic rings. The highest BCUT2D eigenvalue weighted by molar-refractivity contribution is 6.31. The maximum Gasteiger partial charge on any atom is 0.270 e. The maximum atomic E-state index is 10.5. The third-order valence-corrected chi connectivity index (χ3v) is 2.18. The van der Waals surface area contributed by atoms with Crippen molar-refractivity contribution < 1.29 is 14.6 Å². The van der Waals surface area contributed by atoms with E-state index in [2.05, 4.69) is 5.48 Å². The fourth-order valence-corrected chi connectivity index (χ4v) is 1.29. The number of halogens is 1. The van der Waals surface area contributed by atoms with Crippen LogP contribution < -0.4 is 11.2 Å². The Morgan fingerprint density at radius 1 is 1.59 bits per heavy atom. The third kappa shape index (κ3) is 4.35. The number of carbonyl (C=O) groups excluding carboxylic acids is 1. The molecule has 0 aliphatic rings. The van der Waals surface area contributed by atoms with Gasteiger partial charge in [0, 0.05) is 18.7 Å². The summed E-state index contributed by atoms with van der Waals surface area (Å²) in [7, 11) is 0. The quantitative estimate of drug-likeness (QED) is 0.445. The summed E-state index contributed by atoms with van der Waals surface area (Å²) in [4.78, 5) is 25.0. The van der Waals surface area contributed by atoms with Gasteiger partial charge in [-0.15, -0.1) is 0 Å². The lowest BCUT2D eigenvalue weighted by molar-refractivity contribution is -0.384. The van der Waals surface area contributed by atoms with Gasteiger partial charge in [-0.3, -0.25) is 19.7 Å². The van der Waals surface area contributed by atoms with Gasteiger partial charge in [-0.05, 0) is 11.6 Å². The predicted molar refractivity (Wildman–Crippen MR) is 60.1 cm³/mol. The first-order valence-electron chi connectivity index (χ1n) is 4.56. The number of nitrogens with one attached hydrogen (secondary N) is 1. The van der Waals surface area contributed by atoms with Gasteiger partial charge in [-0.2, -0.15) is 5.48 Å². The van der Waals surface area contributed by atoms with Crippen molar-refractivity contribution in [3.8, 4) is 0 Å². The lowest BCUT2D eigenvalue weighted by atomic mass is 10.2. The van der Waals surface area contributed by atoms with Crippen molar-refractivity contribution in [2.45, 2.75) is 6.54 Å². The molecule has 0 saturated heterocycles. The average molecular weight is 260 g/mol. The molecule has 3 N–H and O–H groups in total. The van der Waals surface area contributed by atoms with E-state index in [1.165, 1.54) is 18.2 Å². The number of rotatable bonds is 6. The second kappa shape index (κ2) is 6.14. The van der Waals surface area contributed by atoms with Gasteiger partial charge in [-0.25, -0.2) is 0 Å². The van der Waals surface area contributed by atoms with E-state index in [-0.39, 0.29) is 23.9 Å². The molecule has 1 aromatic carbocycles. The normalized spacial score (nSPS) is 10.2. The summed E-state index contributed by atoms with van der Waals surface area (Å²) in [6.07, 6.45) is 0. The molecule has 0 unspecified atom stereocenters. The average Bonchev–Trinajstić information content (AvgIpc) is 2.25. The summed E-state index contributed by atoms with van der Waals surface area (Å²) in [6, 6.07) is 4.07. The number of hydroxylamine groups is 1. The van der Waals surface area contributed by atoms with Crippen molar-refractivity contribution in [1.29, 1.82) is 0 Å². The second-order valence-corrected chi connectivity index (χ2v) is 3.52. The van der Waals surface area contributed by atoms with Crippen LogP contribution in [-0.2, 0) is 16.2 Å². The Balaban J connectivity index is 2.54. The standard InChI is InChI=1S/C9H10ClN3O4/c10-8-3-7(13(15)16)2-1-6(8)4-12-17-5-9(11)14/h1-3,12H,4-5H2,(H2,11,14). The van der Waals surface area contributed by atoms with Gasteiger partial charge in [0.05, 0.1) is 9.95 Å². The highest BCUT2D eigenvalue weighted by Crippen LogP contribution is 2.22. The molecule has 8 heteroatoms. The summed E-state index contributed by atoms with van der Waals surface area (Å²) in [6.45, 7) is -0.0469. The summed E-state index contributed by atoms with van der Waals surface area (Å²) >= 11 is 5.82. The molecule has 92 valence electrons. The zero-order valence-corrected chi connectivity index (χ0v) is 9.44. The number of non-ortho nitro benzene ring substituents is 1. The number of nitrogens with two attached hydrogens (primary N) is 1. The molecule has 1 rings (SSSR count). The van der Waals surface area contributed by atoms with Gasteiger partial charge in [0.15, 0.2) is 0 Å². The van der Waals surface area contributed by atoms with Crippen LogP contribution >= 0.6 is 11.6 Å². The molecule has 0 spiro atoms. The van der Waals surface area contributed by atoms with E-state index in [0.29, 0.717) is 5.56 Å². The van der Waals surface area contributed by atoms with Gasteiger partial charge in [-0.1, -0.05) is 11.6 Å². The van der Waals surface area contributed by atoms with Crippen LogP contribution in [0.2, 0.25) is 5.02 Å². The van der Waals surface area contributed by atoms with Crippen LogP contribution in [0.3, 0.4) is 0 Å². The number of nitro groups is 1. The zero-order valence-electron chi connectivity index (χ0n) is 8.68. The number of benzene rings is 1. The predicted octanol–water partition coefficient (Wildman–Crippen LogP) is 0.755. The SMILES string of the molecule is NC(=O)CONCc1ccc([N+](=O)[O-])cc1Cl. The highest BCUT2D eigenvalue weighted by atomic mass is 35.5. The summed E-state index contributed by atoms with van der Waals surface area (Å²) in [5, 5.41) is 10.7. The number of hydrogen-bond donors (Lipinski definition) is 2. The van der Waals surface area contributed by atoms with Crippen molar-refractivity contribution in [3.05, 3.63) is 38.9 Å². The Morgan fingerprint density at radius 2 is 2.29 bits per heavy atom. The fourth-order valence-electron chi connectivity index (χ4n) is 1.04. The van der Waals surface area contributed by atoms with Crippen LogP contribution in [0.25, 0.3) is 0 Å². The molecule has 0 atom stereocenters. The number of carbonyl (C=O) groups is 1. The summed E-state index contributed by atoms with van der Waals surface area (Å²) < 4.78 is 0. The van der Waals surface area contributed by atoms with Gasteiger partial charge in [0.25, 0.3) is 5.69 Å². The van der Waals surface area contributed by atoms with Crippen molar-refractivity contribution in [2.75, 3.05) is 6.61 Å². The van der Waals surface area contributed by atoms with E-state index in [1.807, 2.05) is 0 Å². The number of primary amides is 1. The van der Waals surface area contributed by atoms with Crippen LogP contribution in [0, 0.1) is 10.1 Å². The fraction of sp³-hybridized carbons (Fsp3) is 0.222. The number of nitro benzene ring substituents is 1. The van der Waals surface area contributed by atoms with E-state index in [4.69, 9.17) is 22.2 Å². The third-order valence-electron chi connectivity index (χ3n) is 1.83. The Hall–Kier alpha value is -1.70. The minimum atomic E-state index is -0.604. The monoisotopic (exact) mass is 259 g/mol. The second-order valence-electron chi connectivity index (χ2n) is 3.11. The number of nitrogens with zero attached hydrogens (tertiary/aromatic N) is 1. The molecular weight excluding hydrogens is 250 g/mol. The topological polar surface area (TPSA) is 107 Å². The Kier molecular flexibility index (Phi) is 4.83. The van der Waals surface area contributed by atoms with E-state index >= 15 is 0 Å². The molecule has 1 amide bonds. The molecule has 0 aromatic heterocycles. The van der Waals surface area contributed by atoms with Crippen molar-refractivity contribution in [2.24, 2.45) is 5.73 Å². The molecule has 0 bridgehead atoms. The smallest absolute Gasteiger partial charge is 0.270 e. The van der Waals surface area contributed by atoms with E-state index in [9.17, 15) is 14.9 Å². The molecule has 7 nitrogen and oxygen atoms in total. The first-order valence-corrected chi connectivity index (χ1v) is 4.94. The Labute approximate surface area is 102 Å². The maximum absolute atomic E-state index is 10.5. The van der Waals surface area contributed by atoms with Crippen molar-refractivity contribution >= 4 is 23.2 Å². The zero-order chi connectivity index (χ0) is 12.8. The van der Waals surface area contributed by atoms with E-state index in [1.54, 1.807) is 0 Å². The molecule has 0 aliphatic heterocycles. The summed E-state index contributed by atoms with van der Waals surface area (Å²) in [5.74, 6) is -0.604. The lowest BCUT2D eigenvalue weighted by Crippen LogP contribution is -2.24. The lowest BCUT2D eigenvalue weighted by Gasteiger charge is -2.05. The molecule has 0 saturated carbocycles. The highest BCUT2D eigenvalue weighted by Gasteiger charge is 2.09. The molecule has 0 radical (unpaired) electrons. The van der Waals surface area contributed by atoms with E-state index < -0.39 is 10.8 Å². The Bertz CT molecular complexity index is 438. The van der Waals surface area contributed by atoms with Gasteiger partial charge >= 0.3 is 0 Å². The van der Waals surface area contributed by atoms with Crippen molar-refractivity contribution in [1.82, 2.24) is 5.48 Å². The molecule has 0 heterocycles. The van der Waals surface area contributed by atoms with Crippen LogP contribution in [0.4, 0.5) is 5.69 Å². The summed E-state index contributed by atoms with van der Waals surface area (Å²) in [5.41, 5.74) is 7.84. The van der Waals surface area contributed by atoms with E-state index in [0.717, 1.165) is 0 Å². The molecule has 0 fully saturated rings. The number of hydrogen-bond acceptors (Lipinski definition) is 5. The minimum absolute atomic E-state index is 0.0863. The first kappa shape index (κ1) is 13.4. The van der Waals surface area contributed by atoms with Crippen LogP contribution in [0.15, 0.2) is 18.2 Å². The minimum Gasteiger partial charge on any atom is -0.368 e. The first-order chi connectivity index (χ1) is 8.00. The van der Waals surface area contributed by atoms with Crippen LogP contribution in [0.5, 0.6) is 0 Å². The molecule has 0 aliphatic carbocycles. The largest absolute Gasteiger partial charge is 0.368 e. The van der Waals surface area contributed by atoms with Crippen LogP contribution in [-0.4, -0.2) is 17.4 Å². The van der Waals surface area contributed by atoms with Crippen LogP contribution in [0.1, 0.15) is 5.56 Å².